The fourth-order valence-corrected chi connectivity index (χ4v) is 1.52. The summed E-state index contributed by atoms with van der Waals surface area (Å²) < 4.78 is 16.3. The number of halogens is 1. The van der Waals surface area contributed by atoms with Crippen LogP contribution in [0.25, 0.3) is 0 Å². The first-order valence-electron chi connectivity index (χ1n) is 5.49. The zero-order valence-corrected chi connectivity index (χ0v) is 11.7. The first kappa shape index (κ1) is 14.3. The summed E-state index contributed by atoms with van der Waals surface area (Å²) in [6, 6.07) is 1.74. The Labute approximate surface area is 110 Å². The summed E-state index contributed by atoms with van der Waals surface area (Å²) in [5.74, 6) is 1.33. The second-order valence-corrected chi connectivity index (χ2v) is 4.06. The monoisotopic (exact) mass is 304 g/mol. The van der Waals surface area contributed by atoms with E-state index < -0.39 is 0 Å². The van der Waals surface area contributed by atoms with Crippen LogP contribution in [0.15, 0.2) is 10.7 Å². The Kier molecular flexibility index (Phi) is 7.07. The highest BCUT2D eigenvalue weighted by atomic mass is 79.9. The fraction of sp³-hybridized carbons (Fsp3) is 0.636. The van der Waals surface area contributed by atoms with Crippen molar-refractivity contribution in [3.05, 3.63) is 16.5 Å². The quantitative estimate of drug-likeness (QED) is 0.542. The molecule has 0 aliphatic rings. The van der Waals surface area contributed by atoms with E-state index in [0.717, 1.165) is 16.8 Å². The van der Waals surface area contributed by atoms with E-state index in [9.17, 15) is 0 Å². The van der Waals surface area contributed by atoms with Crippen LogP contribution in [0.5, 0.6) is 5.88 Å². The van der Waals surface area contributed by atoms with E-state index in [1.54, 1.807) is 13.2 Å². The maximum Gasteiger partial charge on any atom is 0.217 e. The van der Waals surface area contributed by atoms with Crippen LogP contribution < -0.4 is 4.74 Å². The molecule has 17 heavy (non-hydrogen) atoms. The van der Waals surface area contributed by atoms with Crippen LogP contribution in [0.3, 0.4) is 0 Å². The second kappa shape index (κ2) is 8.38. The van der Waals surface area contributed by atoms with Gasteiger partial charge < -0.3 is 14.2 Å². The molecule has 0 fully saturated rings. The van der Waals surface area contributed by atoms with Gasteiger partial charge in [0.2, 0.25) is 5.88 Å². The van der Waals surface area contributed by atoms with Gasteiger partial charge in [-0.05, 0) is 15.9 Å². The van der Waals surface area contributed by atoms with Gasteiger partial charge in [-0.2, -0.15) is 4.98 Å². The lowest BCUT2D eigenvalue weighted by molar-refractivity contribution is 0.0536. The molecule has 0 aromatic carbocycles. The predicted molar refractivity (Wildman–Crippen MR) is 67.3 cm³/mol. The maximum atomic E-state index is 5.46. The molecule has 96 valence electrons. The van der Waals surface area contributed by atoms with Gasteiger partial charge in [0.1, 0.15) is 17.0 Å². The Morgan fingerprint density at radius 3 is 2.65 bits per heavy atom. The van der Waals surface area contributed by atoms with Gasteiger partial charge in [-0.3, -0.25) is 0 Å². The third kappa shape index (κ3) is 5.95. The fourth-order valence-electron chi connectivity index (χ4n) is 1.12. The number of methoxy groups -OCH3 is 1. The molecule has 5 nitrogen and oxygen atoms in total. The predicted octanol–water partition coefficient (Wildman–Crippen LogP) is 1.84. The van der Waals surface area contributed by atoms with Gasteiger partial charge in [0.25, 0.3) is 0 Å². The van der Waals surface area contributed by atoms with Crippen LogP contribution in [0.2, 0.25) is 0 Å². The van der Waals surface area contributed by atoms with Crippen LogP contribution in [0, 0.1) is 0 Å². The molecule has 0 spiro atoms. The van der Waals surface area contributed by atoms with Crippen molar-refractivity contribution in [1.82, 2.24) is 9.97 Å². The second-order valence-electron chi connectivity index (χ2n) is 3.25. The lowest BCUT2D eigenvalue weighted by atomic mass is 10.4. The third-order valence-corrected chi connectivity index (χ3v) is 2.35. The molecule has 0 unspecified atom stereocenters. The molecule has 0 radical (unpaired) electrons. The van der Waals surface area contributed by atoms with Gasteiger partial charge in [-0.15, -0.1) is 0 Å². The van der Waals surface area contributed by atoms with Crippen LogP contribution >= 0.6 is 15.9 Å². The average Bonchev–Trinajstić information content (AvgIpc) is 2.33. The van der Waals surface area contributed by atoms with Crippen molar-refractivity contribution in [2.45, 2.75) is 13.3 Å². The van der Waals surface area contributed by atoms with Gasteiger partial charge in [0, 0.05) is 19.6 Å². The third-order valence-electron chi connectivity index (χ3n) is 1.94. The first-order chi connectivity index (χ1) is 8.26. The molecular formula is C11H17BrN2O3. The molecule has 1 aromatic rings. The van der Waals surface area contributed by atoms with Crippen molar-refractivity contribution in [2.24, 2.45) is 0 Å². The minimum Gasteiger partial charge on any atom is -0.475 e. The zero-order valence-electron chi connectivity index (χ0n) is 10.1. The lowest BCUT2D eigenvalue weighted by Gasteiger charge is -2.07. The molecular weight excluding hydrogens is 288 g/mol. The van der Waals surface area contributed by atoms with E-state index in [0.29, 0.717) is 32.3 Å². The molecule has 0 N–H and O–H groups in total. The molecule has 1 heterocycles. The minimum absolute atomic E-state index is 0.469. The molecule has 0 saturated carbocycles. The highest BCUT2D eigenvalue weighted by molar-refractivity contribution is 9.10. The molecule has 1 rings (SSSR count). The van der Waals surface area contributed by atoms with Gasteiger partial charge in [-0.1, -0.05) is 6.92 Å². The van der Waals surface area contributed by atoms with E-state index in [2.05, 4.69) is 25.9 Å². The highest BCUT2D eigenvalue weighted by Gasteiger charge is 2.02. The van der Waals surface area contributed by atoms with Crippen LogP contribution in [-0.4, -0.2) is 43.5 Å². The molecule has 0 saturated heterocycles. The maximum absolute atomic E-state index is 5.46. The van der Waals surface area contributed by atoms with E-state index in [4.69, 9.17) is 14.2 Å². The van der Waals surface area contributed by atoms with Gasteiger partial charge in [0.15, 0.2) is 0 Å². The van der Waals surface area contributed by atoms with Gasteiger partial charge in [0.05, 0.1) is 19.8 Å². The van der Waals surface area contributed by atoms with Gasteiger partial charge >= 0.3 is 0 Å². The van der Waals surface area contributed by atoms with Crippen molar-refractivity contribution >= 4 is 15.9 Å². The first-order valence-corrected chi connectivity index (χ1v) is 6.28. The van der Waals surface area contributed by atoms with E-state index >= 15 is 0 Å². The van der Waals surface area contributed by atoms with E-state index in [1.807, 2.05) is 6.92 Å². The molecule has 1 aromatic heterocycles. The molecule has 0 amide bonds. The van der Waals surface area contributed by atoms with E-state index in [1.165, 1.54) is 0 Å². The average molecular weight is 305 g/mol. The Hall–Kier alpha value is -0.720. The summed E-state index contributed by atoms with van der Waals surface area (Å²) >= 11 is 3.32. The number of ether oxygens (including phenoxy) is 3. The smallest absolute Gasteiger partial charge is 0.217 e. The van der Waals surface area contributed by atoms with Crippen molar-refractivity contribution < 1.29 is 14.2 Å². The summed E-state index contributed by atoms with van der Waals surface area (Å²) in [7, 11) is 1.64. The number of hydrogen-bond donors (Lipinski definition) is 0. The summed E-state index contributed by atoms with van der Waals surface area (Å²) in [4.78, 5) is 8.44. The summed E-state index contributed by atoms with van der Waals surface area (Å²) in [6.45, 7) is 4.16. The molecule has 0 atom stereocenters. The van der Waals surface area contributed by atoms with Crippen LogP contribution in [-0.2, 0) is 15.9 Å². The standard InChI is InChI=1S/C11H17BrN2O3/c1-3-10-13-9(12)8-11(14-10)17-7-6-16-5-4-15-2/h8H,3-7H2,1-2H3. The molecule has 0 aliphatic heterocycles. The van der Waals surface area contributed by atoms with Crippen LogP contribution in [0.4, 0.5) is 0 Å². The van der Waals surface area contributed by atoms with Crippen molar-refractivity contribution in [3.63, 3.8) is 0 Å². The minimum atomic E-state index is 0.469. The normalized spacial score (nSPS) is 10.5. The highest BCUT2D eigenvalue weighted by Crippen LogP contribution is 2.14. The summed E-state index contributed by atoms with van der Waals surface area (Å²) in [5, 5.41) is 0. The van der Waals surface area contributed by atoms with Gasteiger partial charge in [-0.25, -0.2) is 4.98 Å². The van der Waals surface area contributed by atoms with Crippen LogP contribution in [0.1, 0.15) is 12.7 Å². The molecule has 6 heteroatoms. The Morgan fingerprint density at radius 2 is 1.94 bits per heavy atom. The summed E-state index contributed by atoms with van der Waals surface area (Å²) in [6.07, 6.45) is 0.778. The van der Waals surface area contributed by atoms with Crippen molar-refractivity contribution in [1.29, 1.82) is 0 Å². The molecule has 0 aliphatic carbocycles. The Bertz CT molecular complexity index is 336. The van der Waals surface area contributed by atoms with Crippen molar-refractivity contribution in [2.75, 3.05) is 33.5 Å². The van der Waals surface area contributed by atoms with Crippen molar-refractivity contribution in [3.8, 4) is 5.88 Å². The number of aromatic nitrogens is 2. The Morgan fingerprint density at radius 1 is 1.18 bits per heavy atom. The Balaban J connectivity index is 2.28. The number of aryl methyl sites for hydroxylation is 1. The summed E-state index contributed by atoms with van der Waals surface area (Å²) in [5.41, 5.74) is 0. The number of hydrogen-bond acceptors (Lipinski definition) is 5. The zero-order chi connectivity index (χ0) is 12.5. The number of nitrogens with zero attached hydrogens (tertiary/aromatic N) is 2. The lowest BCUT2D eigenvalue weighted by Crippen LogP contribution is -2.11. The SMILES string of the molecule is CCc1nc(Br)cc(OCCOCCOC)n1. The largest absolute Gasteiger partial charge is 0.475 e. The topological polar surface area (TPSA) is 53.5 Å². The molecule has 0 bridgehead atoms. The number of rotatable bonds is 8. The van der Waals surface area contributed by atoms with E-state index in [-0.39, 0.29) is 0 Å².